The summed E-state index contributed by atoms with van der Waals surface area (Å²) in [6, 6.07) is 7.65. The monoisotopic (exact) mass is 498 g/mol. The van der Waals surface area contributed by atoms with Crippen LogP contribution < -0.4 is 25.7 Å². The van der Waals surface area contributed by atoms with E-state index in [1.54, 1.807) is 24.3 Å². The molecular formula is C21H18N6O7S. The highest BCUT2D eigenvalue weighted by atomic mass is 32.1. The van der Waals surface area contributed by atoms with Gasteiger partial charge in [-0.25, -0.2) is 4.79 Å². The summed E-state index contributed by atoms with van der Waals surface area (Å²) in [5.41, 5.74) is -0.885. The van der Waals surface area contributed by atoms with E-state index in [0.29, 0.717) is 17.3 Å². The van der Waals surface area contributed by atoms with Crippen molar-refractivity contribution >= 4 is 34.1 Å². The molecule has 0 spiro atoms. The van der Waals surface area contributed by atoms with Gasteiger partial charge in [-0.1, -0.05) is 17.4 Å². The van der Waals surface area contributed by atoms with E-state index in [2.05, 4.69) is 25.9 Å². The zero-order valence-electron chi connectivity index (χ0n) is 18.6. The van der Waals surface area contributed by atoms with Gasteiger partial charge in [0.1, 0.15) is 17.3 Å². The van der Waals surface area contributed by atoms with Crippen molar-refractivity contribution in [3.8, 4) is 33.5 Å². The molecule has 3 N–H and O–H groups in total. The van der Waals surface area contributed by atoms with Crippen LogP contribution >= 0.6 is 11.3 Å². The Balaban J connectivity index is 1.66. The Kier molecular flexibility index (Phi) is 6.46. The standard InChI is InChI=1S/C21H18N6O7S/c1-10(28)23-15-7-8-22-27(15)21-26-25-20(35-21)24-18(30)14-9-11(17(29)19(31)34-14)16-12(32-2)5-4-6-13(16)33-3/h4-9,29H,1-3H3,(H,23,28)(H,24,25,30). The van der Waals surface area contributed by atoms with Gasteiger partial charge in [0.15, 0.2) is 5.76 Å². The van der Waals surface area contributed by atoms with Crippen molar-refractivity contribution in [2.24, 2.45) is 0 Å². The molecule has 1 aromatic carbocycles. The molecule has 0 atom stereocenters. The zero-order chi connectivity index (χ0) is 25.1. The van der Waals surface area contributed by atoms with Crippen LogP contribution in [-0.4, -0.2) is 51.1 Å². The van der Waals surface area contributed by atoms with Crippen LogP contribution in [0.15, 0.2) is 45.7 Å². The van der Waals surface area contributed by atoms with Crippen molar-refractivity contribution in [2.45, 2.75) is 6.92 Å². The minimum Gasteiger partial charge on any atom is -0.501 e. The number of aromatic nitrogens is 4. The smallest absolute Gasteiger partial charge is 0.379 e. The van der Waals surface area contributed by atoms with Gasteiger partial charge in [0.05, 0.1) is 26.0 Å². The summed E-state index contributed by atoms with van der Waals surface area (Å²) in [7, 11) is 2.83. The van der Waals surface area contributed by atoms with Crippen molar-refractivity contribution < 1.29 is 28.6 Å². The first-order chi connectivity index (χ1) is 16.8. The maximum atomic E-state index is 12.8. The Morgan fingerprint density at radius 2 is 1.83 bits per heavy atom. The number of carbonyl (C=O) groups excluding carboxylic acids is 2. The second-order valence-electron chi connectivity index (χ2n) is 6.85. The first-order valence-corrected chi connectivity index (χ1v) is 10.7. The molecule has 0 fully saturated rings. The Labute approximate surface area is 200 Å². The molecule has 0 bridgehead atoms. The van der Waals surface area contributed by atoms with Crippen molar-refractivity contribution in [3.05, 3.63) is 52.7 Å². The number of anilines is 2. The van der Waals surface area contributed by atoms with Crippen LogP contribution in [0.1, 0.15) is 17.5 Å². The number of rotatable bonds is 7. The molecule has 35 heavy (non-hydrogen) atoms. The molecule has 2 amide bonds. The van der Waals surface area contributed by atoms with Gasteiger partial charge in [0.2, 0.25) is 21.9 Å². The highest BCUT2D eigenvalue weighted by molar-refractivity contribution is 7.17. The molecule has 0 aliphatic heterocycles. The van der Waals surface area contributed by atoms with E-state index in [9.17, 15) is 19.5 Å². The Bertz CT molecular complexity index is 1450. The SMILES string of the molecule is COc1cccc(OC)c1-c1cc(C(=O)Nc2nnc(-n3nccc3NC(C)=O)s2)oc(=O)c1O. The molecule has 0 aliphatic rings. The predicted octanol–water partition coefficient (Wildman–Crippen LogP) is 2.28. The fourth-order valence-corrected chi connectivity index (χ4v) is 3.86. The average Bonchev–Trinajstić information content (AvgIpc) is 3.49. The van der Waals surface area contributed by atoms with Crippen LogP contribution in [0.2, 0.25) is 0 Å². The number of nitrogens with one attached hydrogen (secondary N) is 2. The zero-order valence-corrected chi connectivity index (χ0v) is 19.4. The molecule has 3 heterocycles. The topological polar surface area (TPSA) is 171 Å². The van der Waals surface area contributed by atoms with Crippen molar-refractivity contribution in [2.75, 3.05) is 24.9 Å². The predicted molar refractivity (Wildman–Crippen MR) is 124 cm³/mol. The molecule has 0 radical (unpaired) electrons. The minimum absolute atomic E-state index is 0.0184. The van der Waals surface area contributed by atoms with Crippen LogP contribution in [0.4, 0.5) is 10.9 Å². The quantitative estimate of drug-likeness (QED) is 0.343. The lowest BCUT2D eigenvalue weighted by atomic mass is 10.0. The number of hydrogen-bond acceptors (Lipinski definition) is 11. The van der Waals surface area contributed by atoms with E-state index >= 15 is 0 Å². The number of carbonyl (C=O) groups is 2. The summed E-state index contributed by atoms with van der Waals surface area (Å²) >= 11 is 0.961. The molecule has 14 heteroatoms. The van der Waals surface area contributed by atoms with Gasteiger partial charge in [-0.3, -0.25) is 14.9 Å². The Hall–Kier alpha value is -4.72. The fraction of sp³-hybridized carbons (Fsp3) is 0.143. The molecule has 3 aromatic heterocycles. The summed E-state index contributed by atoms with van der Waals surface area (Å²) < 4.78 is 17.0. The van der Waals surface area contributed by atoms with Crippen LogP contribution in [0.3, 0.4) is 0 Å². The van der Waals surface area contributed by atoms with Gasteiger partial charge in [0, 0.05) is 18.6 Å². The van der Waals surface area contributed by atoms with E-state index < -0.39 is 23.0 Å². The maximum absolute atomic E-state index is 12.8. The number of ether oxygens (including phenoxy) is 2. The van der Waals surface area contributed by atoms with Gasteiger partial charge in [-0.05, 0) is 18.2 Å². The molecule has 180 valence electrons. The molecule has 0 unspecified atom stereocenters. The third-order valence-electron chi connectivity index (χ3n) is 4.61. The number of methoxy groups -OCH3 is 2. The molecular weight excluding hydrogens is 480 g/mol. The van der Waals surface area contributed by atoms with Crippen molar-refractivity contribution in [1.82, 2.24) is 20.0 Å². The molecule has 4 aromatic rings. The summed E-state index contributed by atoms with van der Waals surface area (Å²) in [5.74, 6) is -1.25. The second-order valence-corrected chi connectivity index (χ2v) is 7.81. The molecule has 13 nitrogen and oxygen atoms in total. The lowest BCUT2D eigenvalue weighted by molar-refractivity contribution is -0.114. The van der Waals surface area contributed by atoms with E-state index in [1.165, 1.54) is 38.1 Å². The number of hydrogen-bond donors (Lipinski definition) is 3. The number of amides is 2. The van der Waals surface area contributed by atoms with Crippen LogP contribution in [0.25, 0.3) is 16.3 Å². The number of aromatic hydroxyl groups is 1. The minimum atomic E-state index is -1.13. The molecule has 0 aliphatic carbocycles. The Morgan fingerprint density at radius 3 is 2.49 bits per heavy atom. The average molecular weight is 498 g/mol. The van der Waals surface area contributed by atoms with E-state index in [0.717, 1.165) is 11.3 Å². The van der Waals surface area contributed by atoms with Gasteiger partial charge in [-0.2, -0.15) is 9.78 Å². The normalized spacial score (nSPS) is 10.6. The van der Waals surface area contributed by atoms with E-state index in [-0.39, 0.29) is 27.3 Å². The van der Waals surface area contributed by atoms with Crippen LogP contribution in [-0.2, 0) is 4.79 Å². The molecule has 0 saturated heterocycles. The fourth-order valence-electron chi connectivity index (χ4n) is 3.15. The van der Waals surface area contributed by atoms with Crippen LogP contribution in [0.5, 0.6) is 17.2 Å². The summed E-state index contributed by atoms with van der Waals surface area (Å²) in [5, 5.41) is 27.7. The molecule has 4 rings (SSSR count). The van der Waals surface area contributed by atoms with E-state index in [4.69, 9.17) is 13.9 Å². The highest BCUT2D eigenvalue weighted by Gasteiger charge is 2.23. The van der Waals surface area contributed by atoms with Crippen LogP contribution in [0, 0.1) is 0 Å². The first-order valence-electron chi connectivity index (χ1n) is 9.87. The lowest BCUT2D eigenvalue weighted by Gasteiger charge is -2.14. The first kappa shape index (κ1) is 23.4. The lowest BCUT2D eigenvalue weighted by Crippen LogP contribution is -2.15. The third kappa shape index (κ3) is 4.67. The van der Waals surface area contributed by atoms with Crippen molar-refractivity contribution in [3.63, 3.8) is 0 Å². The van der Waals surface area contributed by atoms with Gasteiger partial charge in [-0.15, -0.1) is 10.2 Å². The van der Waals surface area contributed by atoms with Gasteiger partial charge in [0.25, 0.3) is 5.91 Å². The second kappa shape index (κ2) is 9.64. The highest BCUT2D eigenvalue weighted by Crippen LogP contribution is 2.41. The van der Waals surface area contributed by atoms with E-state index in [1.807, 2.05) is 0 Å². The molecule has 0 saturated carbocycles. The summed E-state index contributed by atoms with van der Waals surface area (Å²) in [4.78, 5) is 36.5. The third-order valence-corrected chi connectivity index (χ3v) is 5.42. The van der Waals surface area contributed by atoms with Gasteiger partial charge >= 0.3 is 5.63 Å². The summed E-state index contributed by atoms with van der Waals surface area (Å²) in [6.07, 6.45) is 1.46. The number of nitrogens with zero attached hydrogens (tertiary/aromatic N) is 4. The van der Waals surface area contributed by atoms with Gasteiger partial charge < -0.3 is 24.3 Å². The van der Waals surface area contributed by atoms with Crippen molar-refractivity contribution in [1.29, 1.82) is 0 Å². The largest absolute Gasteiger partial charge is 0.501 e. The number of benzene rings is 1. The maximum Gasteiger partial charge on any atom is 0.379 e. The Morgan fingerprint density at radius 1 is 1.11 bits per heavy atom. The summed E-state index contributed by atoms with van der Waals surface area (Å²) in [6.45, 7) is 1.35.